The minimum atomic E-state index is -0.549. The molecule has 1 N–H and O–H groups in total. The lowest BCUT2D eigenvalue weighted by Crippen LogP contribution is -2.13. The van der Waals surface area contributed by atoms with Gasteiger partial charge in [0.15, 0.2) is 11.5 Å². The number of aromatic nitrogens is 2. The van der Waals surface area contributed by atoms with E-state index in [1.807, 2.05) is 43.3 Å². The largest absolute Gasteiger partial charge is 0.493 e. The number of carbonyl (C=O) groups is 1. The lowest BCUT2D eigenvalue weighted by atomic mass is 10.1. The van der Waals surface area contributed by atoms with E-state index in [9.17, 15) is 10.1 Å². The Morgan fingerprint density at radius 2 is 2.06 bits per heavy atom. The monoisotopic (exact) mass is 546 g/mol. The van der Waals surface area contributed by atoms with Gasteiger partial charge in [0, 0.05) is 0 Å². The van der Waals surface area contributed by atoms with Crippen molar-refractivity contribution < 1.29 is 14.3 Å². The van der Waals surface area contributed by atoms with Crippen molar-refractivity contribution in [2.45, 2.75) is 20.5 Å². The maximum absolute atomic E-state index is 12.4. The highest BCUT2D eigenvalue weighted by molar-refractivity contribution is 14.1. The van der Waals surface area contributed by atoms with E-state index in [2.05, 4.69) is 38.1 Å². The summed E-state index contributed by atoms with van der Waals surface area (Å²) in [4.78, 5) is 12.4. The molecule has 158 valence electrons. The molecule has 3 rings (SSSR count). The molecular weight excluding hydrogens is 527 g/mol. The highest BCUT2D eigenvalue weighted by Crippen LogP contribution is 2.35. The van der Waals surface area contributed by atoms with Gasteiger partial charge in [0.1, 0.15) is 23.3 Å². The number of carbonyl (C=O) groups excluding carboxylic acids is 1. The third-order valence-electron chi connectivity index (χ3n) is 4.31. The van der Waals surface area contributed by atoms with Gasteiger partial charge in [-0.15, -0.1) is 10.2 Å². The van der Waals surface area contributed by atoms with Crippen LogP contribution >= 0.6 is 33.9 Å². The van der Waals surface area contributed by atoms with Gasteiger partial charge in [-0.25, -0.2) is 0 Å². The Bertz CT molecular complexity index is 1180. The van der Waals surface area contributed by atoms with Crippen molar-refractivity contribution in [3.05, 3.63) is 67.2 Å². The van der Waals surface area contributed by atoms with Crippen LogP contribution < -0.4 is 14.8 Å². The number of rotatable bonds is 7. The van der Waals surface area contributed by atoms with Gasteiger partial charge in [0.25, 0.3) is 5.91 Å². The molecule has 1 amide bonds. The molecule has 0 saturated carbocycles. The molecule has 0 aliphatic rings. The molecular formula is C22H19IN4O3S. The number of nitrogens with zero attached hydrogens (tertiary/aromatic N) is 3. The summed E-state index contributed by atoms with van der Waals surface area (Å²) in [5, 5.41) is 20.8. The second kappa shape index (κ2) is 10.4. The molecule has 0 aliphatic heterocycles. The Balaban J connectivity index is 1.82. The minimum absolute atomic E-state index is 0.0562. The Kier molecular flexibility index (Phi) is 7.59. The predicted molar refractivity (Wildman–Crippen MR) is 128 cm³/mol. The van der Waals surface area contributed by atoms with Gasteiger partial charge in [-0.3, -0.25) is 10.1 Å². The van der Waals surface area contributed by atoms with Crippen molar-refractivity contribution in [2.24, 2.45) is 0 Å². The SMILES string of the molecule is COc1cc(/C=C(/C#N)C(=O)Nc2nnc(C)s2)cc(I)c1OCc1ccccc1C. The van der Waals surface area contributed by atoms with E-state index in [1.165, 1.54) is 17.4 Å². The van der Waals surface area contributed by atoms with E-state index < -0.39 is 5.91 Å². The number of amides is 1. The smallest absolute Gasteiger partial charge is 0.268 e. The molecule has 0 radical (unpaired) electrons. The van der Waals surface area contributed by atoms with Gasteiger partial charge in [-0.05, 0) is 71.3 Å². The fourth-order valence-electron chi connectivity index (χ4n) is 2.71. The molecule has 0 atom stereocenters. The highest BCUT2D eigenvalue weighted by Gasteiger charge is 2.15. The summed E-state index contributed by atoms with van der Waals surface area (Å²) in [6.45, 7) is 4.22. The topological polar surface area (TPSA) is 97.1 Å². The lowest BCUT2D eigenvalue weighted by molar-refractivity contribution is -0.112. The number of nitrogens with one attached hydrogen (secondary N) is 1. The first-order valence-electron chi connectivity index (χ1n) is 9.19. The fraction of sp³-hybridized carbons (Fsp3) is 0.182. The zero-order valence-electron chi connectivity index (χ0n) is 17.1. The molecule has 9 heteroatoms. The minimum Gasteiger partial charge on any atom is -0.493 e. The molecule has 0 spiro atoms. The Morgan fingerprint density at radius 3 is 2.71 bits per heavy atom. The van der Waals surface area contributed by atoms with Crippen LogP contribution in [0, 0.1) is 28.7 Å². The number of hydrogen-bond acceptors (Lipinski definition) is 7. The van der Waals surface area contributed by atoms with Crippen LogP contribution in [-0.2, 0) is 11.4 Å². The molecule has 0 saturated heterocycles. The van der Waals surface area contributed by atoms with Crippen molar-refractivity contribution >= 4 is 51.0 Å². The second-order valence-electron chi connectivity index (χ2n) is 6.50. The molecule has 3 aromatic rings. The summed E-state index contributed by atoms with van der Waals surface area (Å²) >= 11 is 3.39. The van der Waals surface area contributed by atoms with Crippen molar-refractivity contribution in [1.29, 1.82) is 5.26 Å². The quantitative estimate of drug-likeness (QED) is 0.258. The summed E-state index contributed by atoms with van der Waals surface area (Å²) in [5.74, 6) is 0.576. The number of nitriles is 1. The second-order valence-corrected chi connectivity index (χ2v) is 8.84. The van der Waals surface area contributed by atoms with E-state index in [1.54, 1.807) is 20.1 Å². The van der Waals surface area contributed by atoms with Crippen molar-refractivity contribution in [3.63, 3.8) is 0 Å². The maximum atomic E-state index is 12.4. The molecule has 7 nitrogen and oxygen atoms in total. The summed E-state index contributed by atoms with van der Waals surface area (Å²) in [5.41, 5.74) is 2.81. The molecule has 2 aromatic carbocycles. The van der Waals surface area contributed by atoms with Crippen LogP contribution in [0.4, 0.5) is 5.13 Å². The molecule has 0 bridgehead atoms. The number of halogens is 1. The van der Waals surface area contributed by atoms with E-state index in [0.717, 1.165) is 19.7 Å². The van der Waals surface area contributed by atoms with E-state index in [-0.39, 0.29) is 5.57 Å². The first-order valence-corrected chi connectivity index (χ1v) is 11.1. The average molecular weight is 546 g/mol. The van der Waals surface area contributed by atoms with E-state index >= 15 is 0 Å². The van der Waals surface area contributed by atoms with Crippen LogP contribution in [0.25, 0.3) is 6.08 Å². The third-order valence-corrected chi connectivity index (χ3v) is 5.86. The van der Waals surface area contributed by atoms with Crippen LogP contribution in [0.2, 0.25) is 0 Å². The number of aryl methyl sites for hydroxylation is 2. The van der Waals surface area contributed by atoms with Gasteiger partial charge in [-0.2, -0.15) is 5.26 Å². The van der Waals surface area contributed by atoms with Gasteiger partial charge >= 0.3 is 0 Å². The zero-order chi connectivity index (χ0) is 22.4. The first-order chi connectivity index (χ1) is 14.9. The number of hydrogen-bond donors (Lipinski definition) is 1. The number of ether oxygens (including phenoxy) is 2. The fourth-order valence-corrected chi connectivity index (χ4v) is 4.08. The third kappa shape index (κ3) is 5.80. The zero-order valence-corrected chi connectivity index (χ0v) is 20.1. The van der Waals surface area contributed by atoms with Gasteiger partial charge in [-0.1, -0.05) is 35.6 Å². The molecule has 1 aromatic heterocycles. The Morgan fingerprint density at radius 1 is 1.29 bits per heavy atom. The van der Waals surface area contributed by atoms with Gasteiger partial charge in [0.2, 0.25) is 5.13 Å². The normalized spacial score (nSPS) is 11.0. The van der Waals surface area contributed by atoms with Crippen molar-refractivity contribution in [2.75, 3.05) is 12.4 Å². The van der Waals surface area contributed by atoms with Gasteiger partial charge < -0.3 is 9.47 Å². The average Bonchev–Trinajstić information content (AvgIpc) is 3.16. The summed E-state index contributed by atoms with van der Waals surface area (Å²) in [6.07, 6.45) is 1.50. The van der Waals surface area contributed by atoms with Crippen LogP contribution in [0.1, 0.15) is 21.7 Å². The van der Waals surface area contributed by atoms with Crippen LogP contribution in [0.3, 0.4) is 0 Å². The lowest BCUT2D eigenvalue weighted by Gasteiger charge is -2.14. The molecule has 0 unspecified atom stereocenters. The van der Waals surface area contributed by atoms with Crippen molar-refractivity contribution in [1.82, 2.24) is 10.2 Å². The van der Waals surface area contributed by atoms with Crippen LogP contribution in [0.15, 0.2) is 42.0 Å². The van der Waals surface area contributed by atoms with Gasteiger partial charge in [0.05, 0.1) is 10.7 Å². The number of benzene rings is 2. The maximum Gasteiger partial charge on any atom is 0.268 e. The molecule has 31 heavy (non-hydrogen) atoms. The predicted octanol–water partition coefficient (Wildman–Crippen LogP) is 4.89. The molecule has 0 fully saturated rings. The number of anilines is 1. The highest BCUT2D eigenvalue weighted by atomic mass is 127. The van der Waals surface area contributed by atoms with E-state index in [4.69, 9.17) is 9.47 Å². The Labute approximate surface area is 197 Å². The van der Waals surface area contributed by atoms with Crippen LogP contribution in [-0.4, -0.2) is 23.2 Å². The van der Waals surface area contributed by atoms with E-state index in [0.29, 0.717) is 28.8 Å². The van der Waals surface area contributed by atoms with Crippen molar-refractivity contribution in [3.8, 4) is 17.6 Å². The number of methoxy groups -OCH3 is 1. The first kappa shape index (κ1) is 22.7. The standard InChI is InChI=1S/C22H19IN4O3S/c1-13-6-4-5-7-16(13)12-30-20-18(23)9-15(10-19(20)29-3)8-17(11-24)21(28)25-22-27-26-14(2)31-22/h4-10H,12H2,1-3H3,(H,25,27,28)/b17-8-. The summed E-state index contributed by atoms with van der Waals surface area (Å²) < 4.78 is 12.3. The molecule has 1 heterocycles. The summed E-state index contributed by atoms with van der Waals surface area (Å²) in [7, 11) is 1.55. The van der Waals surface area contributed by atoms with Crippen LogP contribution in [0.5, 0.6) is 11.5 Å². The molecule has 0 aliphatic carbocycles. The summed E-state index contributed by atoms with van der Waals surface area (Å²) in [6, 6.07) is 13.5. The Hall–Kier alpha value is -2.97.